The molecule has 0 saturated carbocycles. The van der Waals surface area contributed by atoms with Crippen LogP contribution in [0.2, 0.25) is 0 Å². The van der Waals surface area contributed by atoms with E-state index in [1.807, 2.05) is 0 Å². The number of rotatable bonds is 6. The van der Waals surface area contributed by atoms with E-state index in [-0.39, 0.29) is 23.3 Å². The van der Waals surface area contributed by atoms with E-state index in [1.54, 1.807) is 9.80 Å². The normalized spacial score (nSPS) is 22.1. The van der Waals surface area contributed by atoms with Crippen LogP contribution in [0.5, 0.6) is 23.0 Å². The summed E-state index contributed by atoms with van der Waals surface area (Å²) in [5, 5.41) is 0. The summed E-state index contributed by atoms with van der Waals surface area (Å²) < 4.78 is 70.2. The average Bonchev–Trinajstić information content (AvgIpc) is 2.99. The van der Waals surface area contributed by atoms with Gasteiger partial charge in [-0.3, -0.25) is 9.59 Å². The zero-order chi connectivity index (χ0) is 31.7. The maximum Gasteiger partial charge on any atom is 0.253 e. The van der Waals surface area contributed by atoms with Gasteiger partial charge in [-0.2, -0.15) is 17.6 Å². The van der Waals surface area contributed by atoms with Gasteiger partial charge in [0.15, 0.2) is 0 Å². The van der Waals surface area contributed by atoms with Crippen molar-refractivity contribution in [2.45, 2.75) is 40.5 Å². The zero-order valence-electron chi connectivity index (χ0n) is 25.2. The molecule has 2 heterocycles. The van der Waals surface area contributed by atoms with E-state index in [0.717, 1.165) is 12.8 Å². The van der Waals surface area contributed by atoms with Crippen molar-refractivity contribution in [2.75, 3.05) is 26.2 Å². The first kappa shape index (κ1) is 31.3. The van der Waals surface area contributed by atoms with Gasteiger partial charge in [0.05, 0.1) is 0 Å². The molecule has 2 fully saturated rings. The molecule has 6 nitrogen and oxygen atoms in total. The van der Waals surface area contributed by atoms with Crippen LogP contribution in [-0.2, 0) is 0 Å². The van der Waals surface area contributed by atoms with Crippen LogP contribution in [0.4, 0.5) is 17.6 Å². The van der Waals surface area contributed by atoms with Gasteiger partial charge in [0, 0.05) is 37.3 Å². The zero-order valence-corrected chi connectivity index (χ0v) is 25.2. The Hall–Kier alpha value is -4.08. The molecule has 2 amide bonds. The number of carbonyl (C=O) groups is 2. The van der Waals surface area contributed by atoms with Gasteiger partial charge in [-0.1, -0.05) is 27.7 Å². The second-order valence-electron chi connectivity index (χ2n) is 12.5. The summed E-state index contributed by atoms with van der Waals surface area (Å²) in [6.45, 7) is 10.9. The summed E-state index contributed by atoms with van der Waals surface area (Å²) in [5.74, 6) is -8.82. The molecule has 10 heteroatoms. The molecule has 44 heavy (non-hydrogen) atoms. The molecule has 0 aromatic heterocycles. The monoisotopic (exact) mass is 612 g/mol. The summed E-state index contributed by atoms with van der Waals surface area (Å²) in [4.78, 5) is 29.4. The van der Waals surface area contributed by atoms with Gasteiger partial charge >= 0.3 is 0 Å². The lowest BCUT2D eigenvalue weighted by atomic mass is 9.91. The van der Waals surface area contributed by atoms with E-state index in [1.165, 1.54) is 48.5 Å². The van der Waals surface area contributed by atoms with Crippen molar-refractivity contribution in [3.05, 3.63) is 82.9 Å². The number of nitrogens with zero attached hydrogens (tertiary/aromatic N) is 2. The maximum atomic E-state index is 15.0. The van der Waals surface area contributed by atoms with Crippen LogP contribution >= 0.6 is 0 Å². The Morgan fingerprint density at radius 2 is 0.818 bits per heavy atom. The second kappa shape index (κ2) is 12.9. The van der Waals surface area contributed by atoms with Crippen molar-refractivity contribution in [3.63, 3.8) is 0 Å². The van der Waals surface area contributed by atoms with Crippen molar-refractivity contribution >= 4 is 11.8 Å². The van der Waals surface area contributed by atoms with Crippen molar-refractivity contribution in [1.82, 2.24) is 9.80 Å². The number of ether oxygens (including phenoxy) is 2. The van der Waals surface area contributed by atoms with E-state index >= 15 is 0 Å². The fourth-order valence-corrected chi connectivity index (χ4v) is 6.36. The topological polar surface area (TPSA) is 59.1 Å². The smallest absolute Gasteiger partial charge is 0.253 e. The number of hydrogen-bond donors (Lipinski definition) is 0. The van der Waals surface area contributed by atoms with Gasteiger partial charge < -0.3 is 19.3 Å². The average molecular weight is 613 g/mol. The summed E-state index contributed by atoms with van der Waals surface area (Å²) in [6, 6.07) is 10.9. The lowest BCUT2D eigenvalue weighted by Crippen LogP contribution is -2.42. The summed E-state index contributed by atoms with van der Waals surface area (Å²) in [5.41, 5.74) is 0.710. The SMILES string of the molecule is C[C@@H]1C[C@H](C)CN(C(=O)c2ccc(Oc3c(F)c(F)c(Oc4ccc(C(=O)N5C[C@@H](C)C[C@H](C)C5)cc4)c(F)c3F)cc2)C1. The predicted octanol–water partition coefficient (Wildman–Crippen LogP) is 8.06. The molecule has 234 valence electrons. The largest absolute Gasteiger partial charge is 0.451 e. The Kier molecular flexibility index (Phi) is 9.18. The Balaban J connectivity index is 1.28. The molecule has 3 aromatic rings. The Morgan fingerprint density at radius 1 is 0.545 bits per heavy atom. The maximum absolute atomic E-state index is 15.0. The van der Waals surface area contributed by atoms with Crippen LogP contribution in [0.15, 0.2) is 48.5 Å². The third kappa shape index (κ3) is 6.69. The number of carbonyl (C=O) groups excluding carboxylic acids is 2. The van der Waals surface area contributed by atoms with E-state index < -0.39 is 34.8 Å². The van der Waals surface area contributed by atoms with Crippen molar-refractivity contribution < 1.29 is 36.6 Å². The number of likely N-dealkylation sites (tertiary alicyclic amines) is 2. The minimum absolute atomic E-state index is 0.120. The Labute approximate surface area is 254 Å². The van der Waals surface area contributed by atoms with Crippen LogP contribution in [-0.4, -0.2) is 47.8 Å². The number of amides is 2. The van der Waals surface area contributed by atoms with Crippen LogP contribution < -0.4 is 9.47 Å². The van der Waals surface area contributed by atoms with Crippen LogP contribution in [0.1, 0.15) is 61.3 Å². The number of hydrogen-bond acceptors (Lipinski definition) is 4. The van der Waals surface area contributed by atoms with Gasteiger partial charge in [0.2, 0.25) is 34.8 Å². The third-order valence-electron chi connectivity index (χ3n) is 8.14. The summed E-state index contributed by atoms with van der Waals surface area (Å²) in [6.07, 6.45) is 2.07. The van der Waals surface area contributed by atoms with Crippen LogP contribution in [0.25, 0.3) is 0 Å². The fraction of sp³-hybridized carbons (Fsp3) is 0.412. The highest BCUT2D eigenvalue weighted by molar-refractivity contribution is 5.95. The second-order valence-corrected chi connectivity index (χ2v) is 12.5. The molecule has 0 aliphatic carbocycles. The number of piperidine rings is 2. The third-order valence-corrected chi connectivity index (χ3v) is 8.14. The molecule has 2 saturated heterocycles. The number of halogens is 4. The first-order valence-electron chi connectivity index (χ1n) is 14.9. The molecule has 2 aliphatic heterocycles. The van der Waals surface area contributed by atoms with Crippen LogP contribution in [0, 0.1) is 46.9 Å². The summed E-state index contributed by atoms with van der Waals surface area (Å²) in [7, 11) is 0. The Morgan fingerprint density at radius 3 is 1.09 bits per heavy atom. The molecule has 0 bridgehead atoms. The molecule has 4 atom stereocenters. The first-order valence-corrected chi connectivity index (χ1v) is 14.9. The minimum atomic E-state index is -1.78. The minimum Gasteiger partial charge on any atom is -0.451 e. The highest BCUT2D eigenvalue weighted by Gasteiger charge is 2.30. The van der Waals surface area contributed by atoms with E-state index in [4.69, 9.17) is 9.47 Å². The van der Waals surface area contributed by atoms with Crippen LogP contribution in [0.3, 0.4) is 0 Å². The molecule has 0 spiro atoms. The first-order chi connectivity index (χ1) is 20.9. The standard InChI is InChI=1S/C34H36F4N2O4/c1-19-13-20(2)16-39(15-19)33(41)23-5-9-25(10-6-23)43-31-27(35)29(37)32(30(38)28(31)36)44-26-11-7-24(8-12-26)34(42)40-17-21(3)14-22(4)18-40/h5-12,19-22H,13-18H2,1-4H3/t19-,20-,21-,22+/m0/s1. The van der Waals surface area contributed by atoms with Gasteiger partial charge in [-0.05, 0) is 85.0 Å². The van der Waals surface area contributed by atoms with E-state index in [2.05, 4.69) is 27.7 Å². The highest BCUT2D eigenvalue weighted by atomic mass is 19.2. The van der Waals surface area contributed by atoms with Gasteiger partial charge in [0.1, 0.15) is 11.5 Å². The number of benzene rings is 3. The molecule has 0 radical (unpaired) electrons. The Bertz CT molecular complexity index is 1370. The van der Waals surface area contributed by atoms with E-state index in [9.17, 15) is 27.2 Å². The quantitative estimate of drug-likeness (QED) is 0.209. The van der Waals surface area contributed by atoms with Crippen molar-refractivity contribution in [3.8, 4) is 23.0 Å². The molecule has 0 N–H and O–H groups in total. The van der Waals surface area contributed by atoms with Crippen molar-refractivity contribution in [2.24, 2.45) is 23.7 Å². The van der Waals surface area contributed by atoms with Gasteiger partial charge in [0.25, 0.3) is 11.8 Å². The fourth-order valence-electron chi connectivity index (χ4n) is 6.36. The molecule has 0 unspecified atom stereocenters. The summed E-state index contributed by atoms with van der Waals surface area (Å²) >= 11 is 0. The molecule has 5 rings (SSSR count). The van der Waals surface area contributed by atoms with Gasteiger partial charge in [-0.15, -0.1) is 0 Å². The molecular formula is C34H36F4N2O4. The molecule has 3 aromatic carbocycles. The highest BCUT2D eigenvalue weighted by Crippen LogP contribution is 2.39. The molecule has 2 aliphatic rings. The van der Waals surface area contributed by atoms with Crippen molar-refractivity contribution in [1.29, 1.82) is 0 Å². The lowest BCUT2D eigenvalue weighted by Gasteiger charge is -2.35. The van der Waals surface area contributed by atoms with E-state index in [0.29, 0.717) is 61.0 Å². The predicted molar refractivity (Wildman–Crippen MR) is 157 cm³/mol. The lowest BCUT2D eigenvalue weighted by molar-refractivity contribution is 0.0617. The molecular weight excluding hydrogens is 576 g/mol. The van der Waals surface area contributed by atoms with Gasteiger partial charge in [-0.25, -0.2) is 0 Å².